The monoisotopic (exact) mass is 259 g/mol. The minimum atomic E-state index is 0.725. The lowest BCUT2D eigenvalue weighted by atomic mass is 10.0. The van der Waals surface area contributed by atoms with E-state index in [2.05, 4.69) is 21.3 Å². The van der Waals surface area contributed by atoms with E-state index in [4.69, 9.17) is 0 Å². The molecule has 1 saturated carbocycles. The van der Waals surface area contributed by atoms with E-state index in [9.17, 15) is 0 Å². The summed E-state index contributed by atoms with van der Waals surface area (Å²) in [5.74, 6) is 0. The molecule has 0 amide bonds. The molecular weight excluding hydrogens is 234 g/mol. The van der Waals surface area contributed by atoms with Crippen molar-refractivity contribution in [1.82, 2.24) is 15.2 Å². The maximum Gasteiger partial charge on any atom is 0.0300 e. The zero-order valence-electron chi connectivity index (χ0n) is 11.7. The van der Waals surface area contributed by atoms with Gasteiger partial charge in [0.1, 0.15) is 0 Å². The van der Waals surface area contributed by atoms with Gasteiger partial charge in [0.15, 0.2) is 0 Å². The molecule has 0 spiro atoms. The number of piperidine rings is 1. The highest BCUT2D eigenvalue weighted by atomic mass is 15.2. The van der Waals surface area contributed by atoms with E-state index in [0.29, 0.717) is 0 Å². The Balaban J connectivity index is 1.49. The zero-order chi connectivity index (χ0) is 12.9. The van der Waals surface area contributed by atoms with Gasteiger partial charge in [-0.15, -0.1) is 0 Å². The first-order valence-corrected chi connectivity index (χ1v) is 7.78. The predicted octanol–water partition coefficient (Wildman–Crippen LogP) is 2.23. The van der Waals surface area contributed by atoms with Crippen LogP contribution in [0.5, 0.6) is 0 Å². The maximum atomic E-state index is 4.21. The van der Waals surface area contributed by atoms with E-state index in [0.717, 1.165) is 18.5 Å². The number of rotatable bonds is 6. The first-order chi connectivity index (χ1) is 9.42. The van der Waals surface area contributed by atoms with Crippen molar-refractivity contribution in [2.75, 3.05) is 19.6 Å². The molecule has 0 aromatic carbocycles. The van der Waals surface area contributed by atoms with E-state index in [-0.39, 0.29) is 0 Å². The second kappa shape index (κ2) is 6.49. The zero-order valence-corrected chi connectivity index (χ0v) is 11.7. The summed E-state index contributed by atoms with van der Waals surface area (Å²) in [6.07, 6.45) is 11.9. The Bertz CT molecular complexity index is 369. The van der Waals surface area contributed by atoms with Gasteiger partial charge in [-0.1, -0.05) is 12.5 Å². The second-order valence-electron chi connectivity index (χ2n) is 5.98. The Morgan fingerprint density at radius 2 is 2.21 bits per heavy atom. The van der Waals surface area contributed by atoms with Crippen LogP contribution in [0.15, 0.2) is 24.5 Å². The van der Waals surface area contributed by atoms with Crippen molar-refractivity contribution >= 4 is 0 Å². The van der Waals surface area contributed by atoms with Crippen molar-refractivity contribution in [2.45, 2.75) is 50.6 Å². The lowest BCUT2D eigenvalue weighted by molar-refractivity contribution is 0.217. The number of nitrogens with one attached hydrogen (secondary N) is 1. The van der Waals surface area contributed by atoms with E-state index >= 15 is 0 Å². The van der Waals surface area contributed by atoms with Crippen LogP contribution < -0.4 is 5.32 Å². The number of pyridine rings is 1. The average Bonchev–Trinajstić information content (AvgIpc) is 3.30. The summed E-state index contributed by atoms with van der Waals surface area (Å²) >= 11 is 0. The maximum absolute atomic E-state index is 4.21. The molecule has 104 valence electrons. The van der Waals surface area contributed by atoms with Gasteiger partial charge < -0.3 is 5.32 Å². The third-order valence-corrected chi connectivity index (χ3v) is 4.34. The van der Waals surface area contributed by atoms with Crippen molar-refractivity contribution in [1.29, 1.82) is 0 Å². The van der Waals surface area contributed by atoms with Crippen LogP contribution >= 0.6 is 0 Å². The van der Waals surface area contributed by atoms with Gasteiger partial charge in [-0.05, 0) is 50.3 Å². The molecule has 1 aliphatic heterocycles. The first-order valence-electron chi connectivity index (χ1n) is 7.78. The van der Waals surface area contributed by atoms with Crippen LogP contribution in [0, 0.1) is 0 Å². The SMILES string of the molecule is c1cncc(CCN(CC2CCCCN2)C2CC2)c1. The molecule has 0 radical (unpaired) electrons. The molecule has 19 heavy (non-hydrogen) atoms. The normalized spacial score (nSPS) is 23.7. The van der Waals surface area contributed by atoms with E-state index in [1.165, 1.54) is 57.3 Å². The molecule has 1 aromatic rings. The van der Waals surface area contributed by atoms with Gasteiger partial charge in [0.05, 0.1) is 0 Å². The van der Waals surface area contributed by atoms with Crippen LogP contribution in [0.3, 0.4) is 0 Å². The summed E-state index contributed by atoms with van der Waals surface area (Å²) in [4.78, 5) is 6.91. The van der Waals surface area contributed by atoms with Crippen LogP contribution in [0.4, 0.5) is 0 Å². The molecule has 2 heterocycles. The number of aromatic nitrogens is 1. The van der Waals surface area contributed by atoms with Gasteiger partial charge >= 0.3 is 0 Å². The minimum Gasteiger partial charge on any atom is -0.313 e. The van der Waals surface area contributed by atoms with Crippen molar-refractivity contribution < 1.29 is 0 Å². The van der Waals surface area contributed by atoms with Crippen molar-refractivity contribution in [3.05, 3.63) is 30.1 Å². The topological polar surface area (TPSA) is 28.2 Å². The molecule has 3 heteroatoms. The van der Waals surface area contributed by atoms with E-state index in [1.54, 1.807) is 0 Å². The fraction of sp³-hybridized carbons (Fsp3) is 0.688. The third kappa shape index (κ3) is 4.02. The van der Waals surface area contributed by atoms with Gasteiger partial charge in [-0.25, -0.2) is 0 Å². The average molecular weight is 259 g/mol. The van der Waals surface area contributed by atoms with Crippen molar-refractivity contribution in [3.63, 3.8) is 0 Å². The fourth-order valence-electron chi connectivity index (χ4n) is 3.04. The number of hydrogen-bond acceptors (Lipinski definition) is 3. The largest absolute Gasteiger partial charge is 0.313 e. The molecule has 1 N–H and O–H groups in total. The number of hydrogen-bond donors (Lipinski definition) is 1. The van der Waals surface area contributed by atoms with Crippen LogP contribution in [0.1, 0.15) is 37.7 Å². The molecule has 2 fully saturated rings. The Morgan fingerprint density at radius 3 is 2.89 bits per heavy atom. The van der Waals surface area contributed by atoms with Gasteiger partial charge in [0.25, 0.3) is 0 Å². The molecule has 1 atom stereocenters. The minimum absolute atomic E-state index is 0.725. The van der Waals surface area contributed by atoms with Gasteiger partial charge in [0.2, 0.25) is 0 Å². The highest BCUT2D eigenvalue weighted by molar-refractivity contribution is 5.09. The molecule has 1 unspecified atom stereocenters. The van der Waals surface area contributed by atoms with Crippen molar-refractivity contribution in [3.8, 4) is 0 Å². The Kier molecular flexibility index (Phi) is 4.46. The summed E-state index contributed by atoms with van der Waals surface area (Å²) in [5.41, 5.74) is 1.37. The summed E-state index contributed by atoms with van der Waals surface area (Å²) < 4.78 is 0. The highest BCUT2D eigenvalue weighted by Gasteiger charge is 2.30. The lowest BCUT2D eigenvalue weighted by Gasteiger charge is -2.30. The predicted molar refractivity (Wildman–Crippen MR) is 78.2 cm³/mol. The molecule has 1 aromatic heterocycles. The Labute approximate surface area is 116 Å². The van der Waals surface area contributed by atoms with E-state index < -0.39 is 0 Å². The van der Waals surface area contributed by atoms with Crippen molar-refractivity contribution in [2.24, 2.45) is 0 Å². The third-order valence-electron chi connectivity index (χ3n) is 4.34. The van der Waals surface area contributed by atoms with Crippen LogP contribution in [0.25, 0.3) is 0 Å². The molecule has 1 aliphatic carbocycles. The molecule has 3 nitrogen and oxygen atoms in total. The molecule has 2 aliphatic rings. The standard InChI is InChI=1S/C16H25N3/c1-2-10-18-15(5-1)13-19(16-6-7-16)11-8-14-4-3-9-17-12-14/h3-4,9,12,15-16,18H,1-2,5-8,10-11,13H2. The smallest absolute Gasteiger partial charge is 0.0300 e. The van der Waals surface area contributed by atoms with Crippen LogP contribution in [-0.2, 0) is 6.42 Å². The quantitative estimate of drug-likeness (QED) is 0.849. The summed E-state index contributed by atoms with van der Waals surface area (Å²) in [5, 5.41) is 3.68. The summed E-state index contributed by atoms with van der Waals surface area (Å²) in [7, 11) is 0. The van der Waals surface area contributed by atoms with Gasteiger partial charge in [-0.3, -0.25) is 9.88 Å². The molecule has 0 bridgehead atoms. The lowest BCUT2D eigenvalue weighted by Crippen LogP contribution is -2.45. The summed E-state index contributed by atoms with van der Waals surface area (Å²) in [6, 6.07) is 5.82. The van der Waals surface area contributed by atoms with Gasteiger partial charge in [0, 0.05) is 37.6 Å². The second-order valence-corrected chi connectivity index (χ2v) is 5.98. The Morgan fingerprint density at radius 1 is 1.26 bits per heavy atom. The molecule has 3 rings (SSSR count). The number of nitrogens with zero attached hydrogens (tertiary/aromatic N) is 2. The fourth-order valence-corrected chi connectivity index (χ4v) is 3.04. The van der Waals surface area contributed by atoms with Gasteiger partial charge in [-0.2, -0.15) is 0 Å². The first kappa shape index (κ1) is 13.1. The van der Waals surface area contributed by atoms with E-state index in [1.807, 2.05) is 18.5 Å². The Hall–Kier alpha value is -0.930. The van der Waals surface area contributed by atoms with Crippen LogP contribution in [-0.4, -0.2) is 41.6 Å². The molecule has 1 saturated heterocycles. The van der Waals surface area contributed by atoms with Crippen LogP contribution in [0.2, 0.25) is 0 Å². The summed E-state index contributed by atoms with van der Waals surface area (Å²) in [6.45, 7) is 3.64. The molecular formula is C16H25N3. The highest BCUT2D eigenvalue weighted by Crippen LogP contribution is 2.27.